The van der Waals surface area contributed by atoms with Gasteiger partial charge in [-0.3, -0.25) is 9.52 Å². The molecule has 0 saturated heterocycles. The molecule has 0 saturated carbocycles. The molecule has 0 bridgehead atoms. The van der Waals surface area contributed by atoms with Gasteiger partial charge in [0, 0.05) is 11.3 Å². The molecular formula is C22H15F3N4O3S. The van der Waals surface area contributed by atoms with Crippen LogP contribution in [0.2, 0.25) is 0 Å². The van der Waals surface area contributed by atoms with Gasteiger partial charge in [-0.1, -0.05) is 24.3 Å². The smallest absolute Gasteiger partial charge is 0.280 e. The average Bonchev–Trinajstić information content (AvgIpc) is 2.79. The fourth-order valence-electron chi connectivity index (χ4n) is 2.65. The molecule has 0 fully saturated rings. The Bertz CT molecular complexity index is 1350. The van der Waals surface area contributed by atoms with Crippen LogP contribution in [0.4, 0.5) is 18.9 Å². The Kier molecular flexibility index (Phi) is 6.79. The van der Waals surface area contributed by atoms with E-state index >= 15 is 0 Å². The fraction of sp³-hybridized carbons (Fsp3) is 0.0455. The Labute approximate surface area is 187 Å². The summed E-state index contributed by atoms with van der Waals surface area (Å²) in [5, 5.41) is 12.6. The molecule has 3 rings (SSSR count). The number of anilines is 1. The van der Waals surface area contributed by atoms with E-state index in [2.05, 4.69) is 15.2 Å². The van der Waals surface area contributed by atoms with E-state index in [-0.39, 0.29) is 16.1 Å². The van der Waals surface area contributed by atoms with Gasteiger partial charge in [0.2, 0.25) is 0 Å². The van der Waals surface area contributed by atoms with E-state index in [1.165, 1.54) is 30.5 Å². The molecule has 0 radical (unpaired) electrons. The average molecular weight is 472 g/mol. The van der Waals surface area contributed by atoms with Crippen LogP contribution in [0.5, 0.6) is 0 Å². The fourth-order valence-corrected chi connectivity index (χ4v) is 3.75. The molecule has 1 amide bonds. The van der Waals surface area contributed by atoms with Crippen molar-refractivity contribution in [2.75, 3.05) is 4.72 Å². The van der Waals surface area contributed by atoms with Gasteiger partial charge in [0.25, 0.3) is 15.9 Å². The third kappa shape index (κ3) is 6.18. The lowest BCUT2D eigenvalue weighted by atomic mass is 10.2. The standard InChI is InChI=1S/C22H15F3N4O3S/c23-22(24,25)18-4-2-5-19(12-18)29-33(31,32)20-6-1-3-17(11-20)21(30)28-27-14-16-9-7-15(13-26)8-10-16/h1-12,14,29H,(H,28,30)/b27-14+. The zero-order valence-corrected chi connectivity index (χ0v) is 17.5. The summed E-state index contributed by atoms with van der Waals surface area (Å²) >= 11 is 0. The van der Waals surface area contributed by atoms with Crippen molar-refractivity contribution in [2.45, 2.75) is 11.1 Å². The molecule has 7 nitrogen and oxygen atoms in total. The van der Waals surface area contributed by atoms with Gasteiger partial charge in [-0.25, -0.2) is 13.8 Å². The van der Waals surface area contributed by atoms with Gasteiger partial charge < -0.3 is 0 Å². The number of nitrogens with one attached hydrogen (secondary N) is 2. The predicted molar refractivity (Wildman–Crippen MR) is 115 cm³/mol. The van der Waals surface area contributed by atoms with Crippen LogP contribution in [-0.4, -0.2) is 20.5 Å². The van der Waals surface area contributed by atoms with Crippen molar-refractivity contribution >= 4 is 27.8 Å². The lowest BCUT2D eigenvalue weighted by Crippen LogP contribution is -2.19. The van der Waals surface area contributed by atoms with Crippen LogP contribution >= 0.6 is 0 Å². The molecule has 0 aliphatic carbocycles. The first-order valence-electron chi connectivity index (χ1n) is 9.22. The molecule has 168 valence electrons. The van der Waals surface area contributed by atoms with E-state index in [1.54, 1.807) is 24.3 Å². The topological polar surface area (TPSA) is 111 Å². The molecule has 0 aliphatic rings. The van der Waals surface area contributed by atoms with Crippen molar-refractivity contribution in [3.63, 3.8) is 0 Å². The summed E-state index contributed by atoms with van der Waals surface area (Å²) in [6.07, 6.45) is -3.29. The molecule has 3 aromatic carbocycles. The summed E-state index contributed by atoms with van der Waals surface area (Å²) in [6, 6.07) is 17.1. The van der Waals surface area contributed by atoms with Gasteiger partial charge in [-0.2, -0.15) is 23.5 Å². The van der Waals surface area contributed by atoms with Crippen LogP contribution in [0.25, 0.3) is 0 Å². The Morgan fingerprint density at radius 3 is 2.36 bits per heavy atom. The van der Waals surface area contributed by atoms with Crippen LogP contribution in [0, 0.1) is 11.3 Å². The lowest BCUT2D eigenvalue weighted by Gasteiger charge is -2.12. The highest BCUT2D eigenvalue weighted by Gasteiger charge is 2.30. The number of alkyl halides is 3. The third-order valence-corrected chi connectivity index (χ3v) is 5.65. The van der Waals surface area contributed by atoms with Crippen LogP contribution in [0.15, 0.2) is 82.8 Å². The van der Waals surface area contributed by atoms with Crippen LogP contribution in [-0.2, 0) is 16.2 Å². The highest BCUT2D eigenvalue weighted by molar-refractivity contribution is 7.92. The van der Waals surface area contributed by atoms with E-state index in [4.69, 9.17) is 5.26 Å². The molecule has 11 heteroatoms. The molecule has 3 aromatic rings. The van der Waals surface area contributed by atoms with E-state index in [1.807, 2.05) is 6.07 Å². The van der Waals surface area contributed by atoms with Crippen molar-refractivity contribution in [3.8, 4) is 6.07 Å². The number of hydrogen-bond acceptors (Lipinski definition) is 5. The lowest BCUT2D eigenvalue weighted by molar-refractivity contribution is -0.137. The zero-order valence-electron chi connectivity index (χ0n) is 16.7. The molecule has 0 aromatic heterocycles. The minimum absolute atomic E-state index is 0.0288. The maximum atomic E-state index is 12.9. The van der Waals surface area contributed by atoms with Crippen molar-refractivity contribution in [3.05, 3.63) is 95.1 Å². The number of hydrogen-bond donors (Lipinski definition) is 2. The number of sulfonamides is 1. The zero-order chi connectivity index (χ0) is 24.1. The Balaban J connectivity index is 1.73. The minimum atomic E-state index is -4.63. The molecule has 2 N–H and O–H groups in total. The third-order valence-electron chi connectivity index (χ3n) is 4.27. The first-order valence-corrected chi connectivity index (χ1v) is 10.7. The van der Waals surface area contributed by atoms with Gasteiger partial charge >= 0.3 is 6.18 Å². The Morgan fingerprint density at radius 1 is 1.00 bits per heavy atom. The Morgan fingerprint density at radius 2 is 1.70 bits per heavy atom. The van der Waals surface area contributed by atoms with Gasteiger partial charge in [0.15, 0.2) is 0 Å². The van der Waals surface area contributed by atoms with Gasteiger partial charge in [-0.05, 0) is 54.1 Å². The first-order chi connectivity index (χ1) is 15.6. The van der Waals surface area contributed by atoms with Crippen LogP contribution in [0.1, 0.15) is 27.0 Å². The number of hydrazone groups is 1. The molecular weight excluding hydrogens is 457 g/mol. The second-order valence-electron chi connectivity index (χ2n) is 6.64. The van der Waals surface area contributed by atoms with E-state index in [0.29, 0.717) is 17.2 Å². The van der Waals surface area contributed by atoms with E-state index in [9.17, 15) is 26.4 Å². The number of amides is 1. The normalized spacial score (nSPS) is 11.7. The van der Waals surface area contributed by atoms with Crippen molar-refractivity contribution in [2.24, 2.45) is 5.10 Å². The second-order valence-corrected chi connectivity index (χ2v) is 8.33. The number of nitrogens with zero attached hydrogens (tertiary/aromatic N) is 2. The number of halogens is 3. The molecule has 0 aliphatic heterocycles. The largest absolute Gasteiger partial charge is 0.416 e. The summed E-state index contributed by atoms with van der Waals surface area (Å²) in [6.45, 7) is 0. The summed E-state index contributed by atoms with van der Waals surface area (Å²) in [7, 11) is -4.26. The molecule has 0 spiro atoms. The molecule has 0 heterocycles. The molecule has 33 heavy (non-hydrogen) atoms. The Hall–Kier alpha value is -4.17. The minimum Gasteiger partial charge on any atom is -0.280 e. The van der Waals surface area contributed by atoms with Gasteiger partial charge in [0.05, 0.1) is 28.3 Å². The number of carbonyl (C=O) groups excluding carboxylic acids is 1. The summed E-state index contributed by atoms with van der Waals surface area (Å²) < 4.78 is 65.9. The van der Waals surface area contributed by atoms with Crippen molar-refractivity contribution in [1.29, 1.82) is 5.26 Å². The first kappa shape index (κ1) is 23.5. The second kappa shape index (κ2) is 9.54. The quantitative estimate of drug-likeness (QED) is 0.415. The predicted octanol–water partition coefficient (Wildman–Crippen LogP) is 4.14. The van der Waals surface area contributed by atoms with Crippen molar-refractivity contribution in [1.82, 2.24) is 5.43 Å². The number of benzene rings is 3. The summed E-state index contributed by atoms with van der Waals surface area (Å²) in [5.74, 6) is -0.698. The molecule has 0 unspecified atom stereocenters. The molecule has 0 atom stereocenters. The van der Waals surface area contributed by atoms with E-state index in [0.717, 1.165) is 18.2 Å². The van der Waals surface area contributed by atoms with Gasteiger partial charge in [0.1, 0.15) is 0 Å². The van der Waals surface area contributed by atoms with Gasteiger partial charge in [-0.15, -0.1) is 0 Å². The highest BCUT2D eigenvalue weighted by Crippen LogP contribution is 2.31. The SMILES string of the molecule is N#Cc1ccc(/C=N/NC(=O)c2cccc(S(=O)(=O)Nc3cccc(C(F)(F)F)c3)c2)cc1. The monoisotopic (exact) mass is 472 g/mol. The van der Waals surface area contributed by atoms with E-state index < -0.39 is 27.7 Å². The van der Waals surface area contributed by atoms with Crippen LogP contribution in [0.3, 0.4) is 0 Å². The summed E-state index contributed by atoms with van der Waals surface area (Å²) in [4.78, 5) is 12.0. The maximum absolute atomic E-state index is 12.9. The van der Waals surface area contributed by atoms with Crippen molar-refractivity contribution < 1.29 is 26.4 Å². The maximum Gasteiger partial charge on any atom is 0.416 e. The summed E-state index contributed by atoms with van der Waals surface area (Å²) in [5.41, 5.74) is 2.04. The highest BCUT2D eigenvalue weighted by atomic mass is 32.2. The number of rotatable bonds is 6. The van der Waals surface area contributed by atoms with Crippen LogP contribution < -0.4 is 10.1 Å². The number of nitriles is 1. The number of carbonyl (C=O) groups is 1.